The molecule has 262 valence electrons. The minimum atomic E-state index is -3.88. The molecule has 5 aromatic carbocycles. The average molecular weight is 732 g/mol. The lowest BCUT2D eigenvalue weighted by Crippen LogP contribution is -2.24. The first kappa shape index (κ1) is 37.4. The lowest BCUT2D eigenvalue weighted by molar-refractivity contribution is -0.188. The van der Waals surface area contributed by atoms with Crippen LogP contribution in [0.2, 0.25) is 0 Å². The van der Waals surface area contributed by atoms with Gasteiger partial charge in [0.2, 0.25) is 0 Å². The van der Waals surface area contributed by atoms with E-state index < -0.39 is 15.2 Å². The van der Waals surface area contributed by atoms with Crippen LogP contribution in [-0.4, -0.2) is 30.0 Å². The van der Waals surface area contributed by atoms with Gasteiger partial charge in [-0.3, -0.25) is 14.2 Å². The van der Waals surface area contributed by atoms with Crippen molar-refractivity contribution in [2.75, 3.05) is 13.3 Å². The SMILES string of the molecule is CP(=O)([O-])Oc1ccc(C#Cc2ccc(C(=O)NCc3cccc(CNC(=O)c4ccc(C#Cc5ccc(OP(C)(=O)O)cc5)cc4)c3)cc2)cc1. The number of carbonyl (C=O) groups is 2. The summed E-state index contributed by atoms with van der Waals surface area (Å²) in [4.78, 5) is 46.2. The van der Waals surface area contributed by atoms with Crippen molar-refractivity contribution in [2.24, 2.45) is 0 Å². The second kappa shape index (κ2) is 16.9. The molecule has 3 N–H and O–H groups in total. The van der Waals surface area contributed by atoms with Crippen LogP contribution >= 0.6 is 15.2 Å². The van der Waals surface area contributed by atoms with Crippen LogP contribution in [0, 0.1) is 23.7 Å². The minimum Gasteiger partial charge on any atom is -0.769 e. The first-order chi connectivity index (χ1) is 24.8. The van der Waals surface area contributed by atoms with E-state index in [1.54, 1.807) is 84.9 Å². The quantitative estimate of drug-likeness (QED) is 0.115. The van der Waals surface area contributed by atoms with Crippen LogP contribution < -0.4 is 24.6 Å². The molecule has 0 heterocycles. The van der Waals surface area contributed by atoms with Gasteiger partial charge in [0.05, 0.1) is 0 Å². The van der Waals surface area contributed by atoms with Crippen molar-refractivity contribution in [3.63, 3.8) is 0 Å². The summed E-state index contributed by atoms with van der Waals surface area (Å²) in [5.74, 6) is 12.1. The highest BCUT2D eigenvalue weighted by Crippen LogP contribution is 2.38. The molecule has 0 fully saturated rings. The zero-order chi connectivity index (χ0) is 37.1. The Morgan fingerprint density at radius 2 is 0.942 bits per heavy atom. The largest absolute Gasteiger partial charge is 0.769 e. The Bertz CT molecular complexity index is 2110. The highest BCUT2D eigenvalue weighted by atomic mass is 31.2. The zero-order valence-electron chi connectivity index (χ0n) is 28.2. The fourth-order valence-corrected chi connectivity index (χ4v) is 5.72. The van der Waals surface area contributed by atoms with Gasteiger partial charge in [0.25, 0.3) is 11.8 Å². The Hall–Kier alpha value is -5.86. The van der Waals surface area contributed by atoms with Gasteiger partial charge in [0, 0.05) is 59.8 Å². The molecular formula is C40H33N2O8P2-. The summed E-state index contributed by atoms with van der Waals surface area (Å²) in [6.07, 6.45) is 0. The molecule has 5 rings (SSSR count). The van der Waals surface area contributed by atoms with E-state index in [-0.39, 0.29) is 23.3 Å². The number of hydrogen-bond donors (Lipinski definition) is 3. The number of carbonyl (C=O) groups excluding carboxylic acids is 2. The molecule has 0 aliphatic rings. The van der Waals surface area contributed by atoms with Crippen molar-refractivity contribution >= 4 is 27.0 Å². The second-order valence-corrected chi connectivity index (χ2v) is 15.2. The summed E-state index contributed by atoms with van der Waals surface area (Å²) >= 11 is 0. The maximum absolute atomic E-state index is 12.8. The monoisotopic (exact) mass is 731 g/mol. The molecule has 0 aliphatic carbocycles. The van der Waals surface area contributed by atoms with Gasteiger partial charge >= 0.3 is 7.60 Å². The van der Waals surface area contributed by atoms with E-state index in [4.69, 9.17) is 9.05 Å². The van der Waals surface area contributed by atoms with E-state index in [0.717, 1.165) is 24.5 Å². The molecular weight excluding hydrogens is 698 g/mol. The first-order valence-electron chi connectivity index (χ1n) is 15.8. The highest BCUT2D eigenvalue weighted by molar-refractivity contribution is 7.52. The smallest absolute Gasteiger partial charge is 0.373 e. The van der Waals surface area contributed by atoms with Crippen LogP contribution in [0.25, 0.3) is 0 Å². The molecule has 0 saturated carbocycles. The standard InChI is InChI=1S/C40H34N2O8P2/c1-51(45,46)49-37-22-14-31(15-23-37)8-6-29-10-18-35(19-11-29)39(43)41-27-33-4-3-5-34(26-33)28-42-40(44)36-20-12-30(13-21-36)7-9-32-16-24-38(25-17-32)50-52(2,47)48/h3-5,10-26H,27-28H2,1-2H3,(H,41,43)(H,42,44)(H,45,46)(H,47,48)/p-1. The maximum Gasteiger partial charge on any atom is 0.373 e. The molecule has 0 saturated heterocycles. The van der Waals surface area contributed by atoms with Gasteiger partial charge in [-0.25, -0.2) is 4.57 Å². The third kappa shape index (κ3) is 12.2. The van der Waals surface area contributed by atoms with E-state index in [1.165, 1.54) is 12.1 Å². The Balaban J connectivity index is 1.08. The molecule has 10 nitrogen and oxygen atoms in total. The third-order valence-corrected chi connectivity index (χ3v) is 8.24. The van der Waals surface area contributed by atoms with Crippen LogP contribution in [0.3, 0.4) is 0 Å². The van der Waals surface area contributed by atoms with Crippen molar-refractivity contribution in [3.8, 4) is 35.2 Å². The number of rotatable bonds is 10. The van der Waals surface area contributed by atoms with Gasteiger partial charge in [-0.15, -0.1) is 0 Å². The number of benzene rings is 5. The van der Waals surface area contributed by atoms with Crippen molar-refractivity contribution in [1.82, 2.24) is 10.6 Å². The van der Waals surface area contributed by atoms with Crippen LogP contribution in [0.4, 0.5) is 0 Å². The van der Waals surface area contributed by atoms with Crippen molar-refractivity contribution in [3.05, 3.63) is 166 Å². The average Bonchev–Trinajstić information content (AvgIpc) is 3.11. The van der Waals surface area contributed by atoms with E-state index in [9.17, 15) is 28.5 Å². The van der Waals surface area contributed by atoms with E-state index in [0.29, 0.717) is 46.5 Å². The molecule has 2 unspecified atom stereocenters. The van der Waals surface area contributed by atoms with Crippen LogP contribution in [0.15, 0.2) is 121 Å². The van der Waals surface area contributed by atoms with Gasteiger partial charge in [0.15, 0.2) is 7.60 Å². The number of amides is 2. The normalized spacial score (nSPS) is 12.7. The Morgan fingerprint density at radius 1 is 0.596 bits per heavy atom. The lowest BCUT2D eigenvalue weighted by Gasteiger charge is -2.18. The van der Waals surface area contributed by atoms with Crippen LogP contribution in [0.5, 0.6) is 11.5 Å². The molecule has 0 bridgehead atoms. The third-order valence-electron chi connectivity index (χ3n) is 7.15. The summed E-state index contributed by atoms with van der Waals surface area (Å²) in [5.41, 5.74) is 5.51. The van der Waals surface area contributed by atoms with Crippen molar-refractivity contribution in [1.29, 1.82) is 0 Å². The van der Waals surface area contributed by atoms with Gasteiger partial charge in [-0.05, 0) is 108 Å². The molecule has 2 amide bonds. The molecule has 52 heavy (non-hydrogen) atoms. The summed E-state index contributed by atoms with van der Waals surface area (Å²) in [6.45, 7) is 2.72. The predicted octanol–water partition coefficient (Wildman–Crippen LogP) is 6.10. The van der Waals surface area contributed by atoms with Gasteiger partial charge in [0.1, 0.15) is 11.5 Å². The van der Waals surface area contributed by atoms with Crippen molar-refractivity contribution < 1.29 is 37.6 Å². The number of nitrogens with one attached hydrogen (secondary N) is 2. The molecule has 0 aromatic heterocycles. The van der Waals surface area contributed by atoms with Gasteiger partial charge in [-0.1, -0.05) is 47.9 Å². The van der Waals surface area contributed by atoms with Gasteiger partial charge < -0.3 is 29.5 Å². The Kier molecular flexibility index (Phi) is 12.2. The maximum atomic E-state index is 12.8. The molecule has 2 atom stereocenters. The zero-order valence-corrected chi connectivity index (χ0v) is 29.9. The van der Waals surface area contributed by atoms with E-state index in [1.807, 2.05) is 24.3 Å². The fraction of sp³-hybridized carbons (Fsp3) is 0.100. The van der Waals surface area contributed by atoms with E-state index in [2.05, 4.69) is 34.3 Å². The predicted molar refractivity (Wildman–Crippen MR) is 197 cm³/mol. The molecule has 0 spiro atoms. The lowest BCUT2D eigenvalue weighted by atomic mass is 10.1. The summed E-state index contributed by atoms with van der Waals surface area (Å²) < 4.78 is 32.5. The summed E-state index contributed by atoms with van der Waals surface area (Å²) in [7, 11) is -7.51. The molecule has 12 heteroatoms. The molecule has 5 aromatic rings. The summed E-state index contributed by atoms with van der Waals surface area (Å²) in [6, 6.07) is 34.3. The minimum absolute atomic E-state index is 0.220. The van der Waals surface area contributed by atoms with Gasteiger partial charge in [-0.2, -0.15) is 0 Å². The fourth-order valence-electron chi connectivity index (χ4n) is 4.70. The Morgan fingerprint density at radius 3 is 1.29 bits per heavy atom. The van der Waals surface area contributed by atoms with Crippen LogP contribution in [0.1, 0.15) is 54.1 Å². The van der Waals surface area contributed by atoms with Crippen molar-refractivity contribution in [2.45, 2.75) is 13.1 Å². The molecule has 0 aliphatic heterocycles. The Labute approximate surface area is 301 Å². The highest BCUT2D eigenvalue weighted by Gasteiger charge is 2.11. The summed E-state index contributed by atoms with van der Waals surface area (Å²) in [5, 5.41) is 5.83. The first-order valence-corrected chi connectivity index (χ1v) is 19.9. The van der Waals surface area contributed by atoms with E-state index >= 15 is 0 Å². The topological polar surface area (TPSA) is 154 Å². The second-order valence-electron chi connectivity index (χ2n) is 11.6. The molecule has 0 radical (unpaired) electrons. The number of hydrogen-bond acceptors (Lipinski definition) is 7. The van der Waals surface area contributed by atoms with Crippen LogP contribution in [-0.2, 0) is 22.2 Å².